The van der Waals surface area contributed by atoms with Crippen molar-refractivity contribution >= 4 is 29.8 Å². The van der Waals surface area contributed by atoms with Crippen LogP contribution in [0.4, 0.5) is 0 Å². The molecule has 15 atom stereocenters. The summed E-state index contributed by atoms with van der Waals surface area (Å²) >= 11 is 0. The van der Waals surface area contributed by atoms with Crippen LogP contribution < -0.4 is 5.32 Å². The predicted octanol–water partition coefficient (Wildman–Crippen LogP) is 4.35. The number of carbonyl (C=O) groups is 5. The minimum Gasteiger partial charge on any atom is -0.463 e. The highest BCUT2D eigenvalue weighted by Gasteiger charge is 2.60. The van der Waals surface area contributed by atoms with Crippen molar-refractivity contribution in [3.8, 4) is 0 Å². The van der Waals surface area contributed by atoms with Crippen molar-refractivity contribution in [2.45, 2.75) is 173 Å². The quantitative estimate of drug-likeness (QED) is 0.123. The van der Waals surface area contributed by atoms with Crippen LogP contribution in [0.15, 0.2) is 91.0 Å². The Hall–Kier alpha value is -5.39. The van der Waals surface area contributed by atoms with E-state index < -0.39 is 134 Å². The third kappa shape index (κ3) is 14.6. The normalized spacial score (nSPS) is 31.9. The van der Waals surface area contributed by atoms with E-state index in [1.165, 1.54) is 20.8 Å². The van der Waals surface area contributed by atoms with Crippen LogP contribution in [0.25, 0.3) is 0 Å². The average molecular weight is 1010 g/mol. The van der Waals surface area contributed by atoms with Gasteiger partial charge in [-0.1, -0.05) is 91.0 Å². The Morgan fingerprint density at radius 3 is 1.47 bits per heavy atom. The fraction of sp³-hybridized carbons (Fsp3) is 0.558. The third-order valence-corrected chi connectivity index (χ3v) is 12.1. The monoisotopic (exact) mass is 1010 g/mol. The van der Waals surface area contributed by atoms with E-state index in [-0.39, 0.29) is 26.4 Å². The number of rotatable bonds is 20. The first-order valence-electron chi connectivity index (χ1n) is 23.9. The van der Waals surface area contributed by atoms with Gasteiger partial charge in [0, 0.05) is 34.6 Å². The van der Waals surface area contributed by atoms with Crippen molar-refractivity contribution in [2.75, 3.05) is 13.2 Å². The van der Waals surface area contributed by atoms with Crippen molar-refractivity contribution in [3.05, 3.63) is 108 Å². The second-order valence-electron chi connectivity index (χ2n) is 18.4. The molecule has 4 heterocycles. The van der Waals surface area contributed by atoms with E-state index in [0.29, 0.717) is 0 Å². The van der Waals surface area contributed by atoms with Gasteiger partial charge in [0.1, 0.15) is 68.1 Å². The number of hydrogen-bond donors (Lipinski definition) is 1. The highest BCUT2D eigenvalue weighted by atomic mass is 16.8. The molecule has 0 bridgehead atoms. The minimum absolute atomic E-state index is 0.00949. The van der Waals surface area contributed by atoms with Crippen LogP contribution in [-0.2, 0) is 110 Å². The largest absolute Gasteiger partial charge is 0.463 e. The maximum Gasteiger partial charge on any atom is 0.303 e. The van der Waals surface area contributed by atoms with Crippen molar-refractivity contribution < 1.29 is 90.3 Å². The van der Waals surface area contributed by atoms with Gasteiger partial charge in [-0.05, 0) is 37.5 Å². The summed E-state index contributed by atoms with van der Waals surface area (Å²) in [4.78, 5) is 63.4. The average Bonchev–Trinajstić information content (AvgIpc) is 3.67. The van der Waals surface area contributed by atoms with Gasteiger partial charge in [-0.25, -0.2) is 0 Å². The Bertz CT molecular complexity index is 2250. The van der Waals surface area contributed by atoms with Gasteiger partial charge in [0.2, 0.25) is 5.91 Å². The zero-order valence-corrected chi connectivity index (χ0v) is 41.6. The Kier molecular flexibility index (Phi) is 18.9. The number of amides is 1. The predicted molar refractivity (Wildman–Crippen MR) is 248 cm³/mol. The van der Waals surface area contributed by atoms with E-state index in [1.807, 2.05) is 91.0 Å². The van der Waals surface area contributed by atoms with Gasteiger partial charge in [-0.2, -0.15) is 0 Å². The number of esters is 4. The Labute approximate surface area is 418 Å². The Balaban J connectivity index is 1.32. The van der Waals surface area contributed by atoms with E-state index in [4.69, 9.17) is 66.3 Å². The van der Waals surface area contributed by atoms with Crippen LogP contribution in [0.3, 0.4) is 0 Å². The van der Waals surface area contributed by atoms with Crippen LogP contribution in [0.2, 0.25) is 0 Å². The molecule has 3 aromatic rings. The van der Waals surface area contributed by atoms with Crippen molar-refractivity contribution in [2.24, 2.45) is 0 Å². The first-order chi connectivity index (χ1) is 34.4. The molecule has 72 heavy (non-hydrogen) atoms. The highest BCUT2D eigenvalue weighted by molar-refractivity contribution is 5.73. The molecule has 20 nitrogen and oxygen atoms in total. The lowest BCUT2D eigenvalue weighted by Crippen LogP contribution is -2.70. The molecule has 3 aromatic carbocycles. The first-order valence-corrected chi connectivity index (χ1v) is 23.9. The Morgan fingerprint density at radius 2 is 0.958 bits per heavy atom. The van der Waals surface area contributed by atoms with Gasteiger partial charge in [0.05, 0.1) is 25.9 Å². The molecule has 0 spiro atoms. The number of fused-ring (bicyclic) bond motifs is 1. The van der Waals surface area contributed by atoms with Gasteiger partial charge in [-0.3, -0.25) is 24.0 Å². The van der Waals surface area contributed by atoms with Gasteiger partial charge in [0.25, 0.3) is 0 Å². The molecule has 4 aliphatic heterocycles. The van der Waals surface area contributed by atoms with Gasteiger partial charge in [-0.15, -0.1) is 0 Å². The summed E-state index contributed by atoms with van der Waals surface area (Å²) in [7, 11) is 0. The molecule has 1 amide bonds. The minimum atomic E-state index is -1.61. The standard InChI is InChI=1S/C52H65NO19/c1-29-41(46-48(72-52(7,8)71-46)50(64-29)63-26-37-22-16-11-17-23-37)69-51-47(62-25-36-20-14-10-15-21-36)45(42(38(68-51)27-59-31(3)55)61-24-35-18-12-9-13-19-35)70-49-40(53-30(2)54)44(66-34(6)58)43(65-33(5)57)39(67-49)28-60-32(4)56/h9-23,29,38-51H,24-28H2,1-8H3,(H,53,54)/t29-,38-,39+,40-,41-,42-,43+,44-,45-,46-,47-,48-,49-,50+,51-/m1/s1. The second-order valence-corrected chi connectivity index (χ2v) is 18.4. The topological polar surface area (TPSA) is 227 Å². The van der Waals surface area contributed by atoms with Gasteiger partial charge >= 0.3 is 23.9 Å². The number of hydrogen-bond acceptors (Lipinski definition) is 19. The van der Waals surface area contributed by atoms with Crippen LogP contribution in [0.5, 0.6) is 0 Å². The molecular weight excluding hydrogens is 943 g/mol. The number of nitrogens with one attached hydrogen (secondary N) is 1. The molecule has 4 saturated heterocycles. The second kappa shape index (κ2) is 25.0. The summed E-state index contributed by atoms with van der Waals surface area (Å²) in [6.45, 7) is 10.6. The molecule has 0 aromatic heterocycles. The molecule has 0 unspecified atom stereocenters. The van der Waals surface area contributed by atoms with E-state index in [9.17, 15) is 24.0 Å². The van der Waals surface area contributed by atoms with Crippen molar-refractivity contribution in [1.29, 1.82) is 0 Å². The molecule has 4 fully saturated rings. The fourth-order valence-electron chi connectivity index (χ4n) is 9.09. The van der Waals surface area contributed by atoms with Crippen LogP contribution >= 0.6 is 0 Å². The highest BCUT2D eigenvalue weighted by Crippen LogP contribution is 2.42. The molecular formula is C52H65NO19. The summed E-state index contributed by atoms with van der Waals surface area (Å²) in [5.74, 6) is -4.59. The number of benzene rings is 3. The van der Waals surface area contributed by atoms with Gasteiger partial charge < -0.3 is 71.6 Å². The van der Waals surface area contributed by atoms with Crippen LogP contribution in [-0.4, -0.2) is 141 Å². The smallest absolute Gasteiger partial charge is 0.303 e. The molecule has 0 aliphatic carbocycles. The van der Waals surface area contributed by atoms with E-state index in [0.717, 1.165) is 30.5 Å². The zero-order valence-electron chi connectivity index (χ0n) is 41.6. The fourth-order valence-corrected chi connectivity index (χ4v) is 9.09. The number of carbonyl (C=O) groups excluding carboxylic acids is 5. The lowest BCUT2D eigenvalue weighted by molar-refractivity contribution is -0.377. The van der Waals surface area contributed by atoms with Crippen molar-refractivity contribution in [3.63, 3.8) is 0 Å². The molecule has 20 heteroatoms. The summed E-state index contributed by atoms with van der Waals surface area (Å²) < 4.78 is 89.5. The maximum absolute atomic E-state index is 13.1. The number of ether oxygens (including phenoxy) is 14. The lowest BCUT2D eigenvalue weighted by Gasteiger charge is -2.51. The third-order valence-electron chi connectivity index (χ3n) is 12.1. The molecule has 0 radical (unpaired) electrons. The van der Waals surface area contributed by atoms with Gasteiger partial charge in [0.15, 0.2) is 36.9 Å². The lowest BCUT2D eigenvalue weighted by atomic mass is 9.94. The molecule has 7 rings (SSSR count). The maximum atomic E-state index is 13.1. The van der Waals surface area contributed by atoms with Crippen molar-refractivity contribution in [1.82, 2.24) is 5.32 Å². The molecule has 392 valence electrons. The summed E-state index contributed by atoms with van der Waals surface area (Å²) in [5, 5.41) is 2.77. The molecule has 0 saturated carbocycles. The summed E-state index contributed by atoms with van der Waals surface area (Å²) in [6.07, 6.45) is -16.3. The SMILES string of the molecule is CC(=O)N[C@H]1[C@@H](O[C@H]2[C@@H](OCc3ccccc3)[C@@H](O[C@H]3[C@H]4OC(C)(C)O[C@H]4[C@@H](OCc4ccccc4)O[C@@H]3C)O[C@H](COC(C)=O)[C@H]2OCc2ccccc2)O[C@@H](COC(C)=O)[C@H](OC(C)=O)[C@@H]1OC(C)=O. The Morgan fingerprint density at radius 1 is 0.500 bits per heavy atom. The van der Waals surface area contributed by atoms with E-state index in [1.54, 1.807) is 20.8 Å². The van der Waals surface area contributed by atoms with Crippen LogP contribution in [0.1, 0.15) is 72.1 Å². The van der Waals surface area contributed by atoms with Crippen LogP contribution in [0, 0.1) is 0 Å². The molecule has 4 aliphatic rings. The molecule has 1 N–H and O–H groups in total. The first kappa shape index (κ1) is 54.4. The van der Waals surface area contributed by atoms with E-state index >= 15 is 0 Å². The van der Waals surface area contributed by atoms with E-state index in [2.05, 4.69) is 5.32 Å². The zero-order chi connectivity index (χ0) is 51.5. The summed E-state index contributed by atoms with van der Waals surface area (Å²) in [6, 6.07) is 26.8. The summed E-state index contributed by atoms with van der Waals surface area (Å²) in [5.41, 5.74) is 2.44.